The molecule has 0 saturated heterocycles. The number of aromatic amines is 1. The Labute approximate surface area is 72.5 Å². The van der Waals surface area contributed by atoms with Gasteiger partial charge in [0.2, 0.25) is 0 Å². The van der Waals surface area contributed by atoms with Crippen LogP contribution < -0.4 is 4.74 Å². The molecule has 2 rings (SSSR count). The predicted molar refractivity (Wildman–Crippen MR) is 40.7 cm³/mol. The number of nitrogens with zero attached hydrogens (tertiary/aromatic N) is 3. The maximum absolute atomic E-state index is 12.7. The Morgan fingerprint density at radius 3 is 3.00 bits per heavy atom. The van der Waals surface area contributed by atoms with Crippen molar-refractivity contribution in [3.05, 3.63) is 30.1 Å². The van der Waals surface area contributed by atoms with Crippen LogP contribution in [-0.4, -0.2) is 20.6 Å². The van der Waals surface area contributed by atoms with Gasteiger partial charge < -0.3 is 4.74 Å². The van der Waals surface area contributed by atoms with Crippen LogP contribution >= 0.6 is 0 Å². The number of ether oxygens (including phenoxy) is 1. The summed E-state index contributed by atoms with van der Waals surface area (Å²) in [6.45, 7) is 0. The van der Waals surface area contributed by atoms with Gasteiger partial charge in [0.15, 0.2) is 0 Å². The molecule has 1 aromatic heterocycles. The van der Waals surface area contributed by atoms with Gasteiger partial charge in [-0.05, 0) is 17.3 Å². The highest BCUT2D eigenvalue weighted by Gasteiger charge is 2.01. The first-order valence-corrected chi connectivity index (χ1v) is 3.51. The number of nitrogens with one attached hydrogen (secondary N) is 1. The zero-order chi connectivity index (χ0) is 9.10. The summed E-state index contributed by atoms with van der Waals surface area (Å²) in [6.07, 6.45) is 0. The third kappa shape index (κ3) is 1.78. The highest BCUT2D eigenvalue weighted by Crippen LogP contribution is 2.16. The third-order valence-electron chi connectivity index (χ3n) is 1.33. The molecule has 6 heteroatoms. The Morgan fingerprint density at radius 2 is 2.31 bits per heavy atom. The van der Waals surface area contributed by atoms with Crippen LogP contribution in [0.3, 0.4) is 0 Å². The van der Waals surface area contributed by atoms with E-state index in [0.29, 0.717) is 5.75 Å². The number of halogens is 1. The summed E-state index contributed by atoms with van der Waals surface area (Å²) in [7, 11) is 0. The molecule has 1 aromatic carbocycles. The van der Waals surface area contributed by atoms with E-state index in [4.69, 9.17) is 4.74 Å². The Bertz CT molecular complexity index is 389. The fourth-order valence-electron chi connectivity index (χ4n) is 0.832. The molecule has 0 radical (unpaired) electrons. The molecule has 0 unspecified atom stereocenters. The molecule has 13 heavy (non-hydrogen) atoms. The summed E-state index contributed by atoms with van der Waals surface area (Å²) in [4.78, 5) is 0. The third-order valence-corrected chi connectivity index (χ3v) is 1.33. The zero-order valence-corrected chi connectivity index (χ0v) is 6.44. The monoisotopic (exact) mass is 180 g/mol. The molecule has 2 aromatic rings. The molecule has 0 aliphatic heterocycles. The largest absolute Gasteiger partial charge is 0.422 e. The molecule has 0 atom stereocenters. The summed E-state index contributed by atoms with van der Waals surface area (Å²) < 4.78 is 17.7. The molecule has 66 valence electrons. The van der Waals surface area contributed by atoms with E-state index in [-0.39, 0.29) is 11.8 Å². The zero-order valence-electron chi connectivity index (χ0n) is 6.44. The fourth-order valence-corrected chi connectivity index (χ4v) is 0.832. The molecule has 0 saturated carbocycles. The molecule has 0 aliphatic carbocycles. The summed E-state index contributed by atoms with van der Waals surface area (Å²) in [5.74, 6) is -0.0394. The van der Waals surface area contributed by atoms with Crippen LogP contribution in [0.5, 0.6) is 11.8 Å². The van der Waals surface area contributed by atoms with Crippen LogP contribution in [0, 0.1) is 5.82 Å². The maximum Gasteiger partial charge on any atom is 0.361 e. The number of rotatable bonds is 2. The molecular formula is C7H5FN4O. The number of benzene rings is 1. The SMILES string of the molecule is Fc1cccc(Oc2nn[nH]n2)c1. The maximum atomic E-state index is 12.7. The smallest absolute Gasteiger partial charge is 0.361 e. The molecular weight excluding hydrogens is 175 g/mol. The minimum atomic E-state index is -0.374. The molecule has 0 aliphatic rings. The van der Waals surface area contributed by atoms with Gasteiger partial charge in [0.25, 0.3) is 0 Å². The van der Waals surface area contributed by atoms with Gasteiger partial charge in [-0.15, -0.1) is 0 Å². The van der Waals surface area contributed by atoms with Crippen molar-refractivity contribution in [2.45, 2.75) is 0 Å². The van der Waals surface area contributed by atoms with Crippen molar-refractivity contribution >= 4 is 0 Å². The first-order valence-electron chi connectivity index (χ1n) is 3.51. The number of tetrazole rings is 1. The Morgan fingerprint density at radius 1 is 1.38 bits per heavy atom. The Kier molecular flexibility index (Phi) is 1.87. The van der Waals surface area contributed by atoms with E-state index in [2.05, 4.69) is 20.6 Å². The normalized spacial score (nSPS) is 9.92. The Hall–Kier alpha value is -1.98. The van der Waals surface area contributed by atoms with Gasteiger partial charge in [-0.1, -0.05) is 16.3 Å². The van der Waals surface area contributed by atoms with Crippen molar-refractivity contribution in [3.8, 4) is 11.8 Å². The molecule has 0 spiro atoms. The first-order chi connectivity index (χ1) is 6.34. The highest BCUT2D eigenvalue weighted by molar-refractivity contribution is 5.24. The van der Waals surface area contributed by atoms with Gasteiger partial charge in [0, 0.05) is 6.07 Å². The average Bonchev–Trinajstić information content (AvgIpc) is 2.57. The summed E-state index contributed by atoms with van der Waals surface area (Å²) in [5.41, 5.74) is 0. The van der Waals surface area contributed by atoms with Gasteiger partial charge in [-0.3, -0.25) is 0 Å². The van der Waals surface area contributed by atoms with Crippen LogP contribution in [0.2, 0.25) is 0 Å². The lowest BCUT2D eigenvalue weighted by Crippen LogP contribution is -1.86. The second-order valence-electron chi connectivity index (χ2n) is 2.25. The van der Waals surface area contributed by atoms with Gasteiger partial charge in [0.1, 0.15) is 11.6 Å². The van der Waals surface area contributed by atoms with Crippen molar-refractivity contribution < 1.29 is 9.13 Å². The van der Waals surface area contributed by atoms with Crippen LogP contribution in [0.4, 0.5) is 4.39 Å². The van der Waals surface area contributed by atoms with Crippen molar-refractivity contribution in [3.63, 3.8) is 0 Å². The molecule has 1 heterocycles. The number of H-pyrrole nitrogens is 1. The molecule has 1 N–H and O–H groups in total. The van der Waals surface area contributed by atoms with Crippen molar-refractivity contribution in [1.82, 2.24) is 20.6 Å². The van der Waals surface area contributed by atoms with E-state index in [1.165, 1.54) is 18.2 Å². The second-order valence-corrected chi connectivity index (χ2v) is 2.25. The predicted octanol–water partition coefficient (Wildman–Crippen LogP) is 1.13. The van der Waals surface area contributed by atoms with Crippen molar-refractivity contribution in [1.29, 1.82) is 0 Å². The quantitative estimate of drug-likeness (QED) is 0.752. The lowest BCUT2D eigenvalue weighted by Gasteiger charge is -1.98. The van der Waals surface area contributed by atoms with Crippen LogP contribution in [-0.2, 0) is 0 Å². The van der Waals surface area contributed by atoms with Gasteiger partial charge in [-0.2, -0.15) is 5.21 Å². The van der Waals surface area contributed by atoms with Crippen molar-refractivity contribution in [2.75, 3.05) is 0 Å². The Balaban J connectivity index is 2.19. The van der Waals surface area contributed by atoms with Gasteiger partial charge in [-0.25, -0.2) is 4.39 Å². The van der Waals surface area contributed by atoms with Gasteiger partial charge in [0.05, 0.1) is 0 Å². The van der Waals surface area contributed by atoms with E-state index in [9.17, 15) is 4.39 Å². The average molecular weight is 180 g/mol. The van der Waals surface area contributed by atoms with Crippen LogP contribution in [0.15, 0.2) is 24.3 Å². The molecule has 0 bridgehead atoms. The topological polar surface area (TPSA) is 63.7 Å². The van der Waals surface area contributed by atoms with Crippen LogP contribution in [0.1, 0.15) is 0 Å². The minimum Gasteiger partial charge on any atom is -0.422 e. The van der Waals surface area contributed by atoms with Crippen LogP contribution in [0.25, 0.3) is 0 Å². The summed E-state index contributed by atoms with van der Waals surface area (Å²) in [5, 5.41) is 12.6. The van der Waals surface area contributed by atoms with E-state index in [1.54, 1.807) is 6.07 Å². The van der Waals surface area contributed by atoms with Crippen molar-refractivity contribution in [2.24, 2.45) is 0 Å². The van der Waals surface area contributed by atoms with E-state index < -0.39 is 0 Å². The first kappa shape index (κ1) is 7.66. The molecule has 0 amide bonds. The fraction of sp³-hybridized carbons (Fsp3) is 0. The lowest BCUT2D eigenvalue weighted by atomic mass is 10.3. The standard InChI is InChI=1S/C7H5FN4O/c8-5-2-1-3-6(4-5)13-7-9-11-12-10-7/h1-4H,(H,9,10,11,12). The lowest BCUT2D eigenvalue weighted by molar-refractivity contribution is 0.438. The number of hydrogen-bond acceptors (Lipinski definition) is 4. The summed E-state index contributed by atoms with van der Waals surface area (Å²) >= 11 is 0. The molecule has 0 fully saturated rings. The second kappa shape index (κ2) is 3.18. The van der Waals surface area contributed by atoms with E-state index >= 15 is 0 Å². The minimum absolute atomic E-state index is 0.0607. The van der Waals surface area contributed by atoms with E-state index in [1.807, 2.05) is 0 Å². The number of aromatic nitrogens is 4. The van der Waals surface area contributed by atoms with Gasteiger partial charge >= 0.3 is 6.01 Å². The highest BCUT2D eigenvalue weighted by atomic mass is 19.1. The number of hydrogen-bond donors (Lipinski definition) is 1. The van der Waals surface area contributed by atoms with E-state index in [0.717, 1.165) is 0 Å². The molecule has 5 nitrogen and oxygen atoms in total. The summed E-state index contributed by atoms with van der Waals surface area (Å²) in [6, 6.07) is 5.74.